The first-order chi connectivity index (χ1) is 11.0. The number of amides is 1. The molecule has 0 unspecified atom stereocenters. The predicted octanol–water partition coefficient (Wildman–Crippen LogP) is 1.51. The number of piperidine rings is 1. The van der Waals surface area contributed by atoms with Crippen LogP contribution in [-0.2, 0) is 22.6 Å². The molecular formula is C17H30N4O2. The van der Waals surface area contributed by atoms with Crippen LogP contribution in [0.2, 0.25) is 0 Å². The Bertz CT molecular complexity index is 501. The molecule has 1 amide bonds. The van der Waals surface area contributed by atoms with Gasteiger partial charge in [-0.3, -0.25) is 9.48 Å². The van der Waals surface area contributed by atoms with Gasteiger partial charge in [0.15, 0.2) is 0 Å². The van der Waals surface area contributed by atoms with Gasteiger partial charge in [-0.25, -0.2) is 0 Å². The minimum Gasteiger partial charge on any atom is -0.383 e. The van der Waals surface area contributed by atoms with Gasteiger partial charge in [0, 0.05) is 50.5 Å². The van der Waals surface area contributed by atoms with Gasteiger partial charge in [0.2, 0.25) is 5.91 Å². The standard InChI is InChI=1S/C17H30N4O2/c1-13(2)17(22)20-6-5-16(14(3)11-20)18-9-15-10-19-21(12-15)7-8-23-4/h10,12-14,16,18H,5-9,11H2,1-4H3/t14-,16+/m1/s1. The number of hydrogen-bond donors (Lipinski definition) is 1. The monoisotopic (exact) mass is 322 g/mol. The highest BCUT2D eigenvalue weighted by Crippen LogP contribution is 2.19. The summed E-state index contributed by atoms with van der Waals surface area (Å²) in [4.78, 5) is 14.1. The van der Waals surface area contributed by atoms with Gasteiger partial charge < -0.3 is 15.0 Å². The molecule has 0 aromatic carbocycles. The first-order valence-electron chi connectivity index (χ1n) is 8.53. The lowest BCUT2D eigenvalue weighted by molar-refractivity contribution is -0.136. The van der Waals surface area contributed by atoms with Crippen LogP contribution < -0.4 is 5.32 Å². The first kappa shape index (κ1) is 17.9. The van der Waals surface area contributed by atoms with Gasteiger partial charge in [0.25, 0.3) is 0 Å². The molecule has 6 heteroatoms. The van der Waals surface area contributed by atoms with Crippen LogP contribution in [0, 0.1) is 11.8 Å². The molecule has 0 saturated carbocycles. The molecule has 23 heavy (non-hydrogen) atoms. The van der Waals surface area contributed by atoms with Crippen LogP contribution in [0.4, 0.5) is 0 Å². The van der Waals surface area contributed by atoms with Crippen molar-refractivity contribution in [3.63, 3.8) is 0 Å². The molecule has 1 aliphatic heterocycles. The highest BCUT2D eigenvalue weighted by atomic mass is 16.5. The molecule has 0 radical (unpaired) electrons. The molecule has 1 aromatic heterocycles. The number of hydrogen-bond acceptors (Lipinski definition) is 4. The molecule has 1 aliphatic rings. The molecule has 0 bridgehead atoms. The molecule has 0 spiro atoms. The maximum Gasteiger partial charge on any atom is 0.225 e. The zero-order valence-electron chi connectivity index (χ0n) is 14.8. The van der Waals surface area contributed by atoms with E-state index < -0.39 is 0 Å². The van der Waals surface area contributed by atoms with Crippen molar-refractivity contribution in [1.29, 1.82) is 0 Å². The Balaban J connectivity index is 1.78. The Morgan fingerprint density at radius 2 is 2.30 bits per heavy atom. The molecule has 2 atom stereocenters. The number of nitrogens with zero attached hydrogens (tertiary/aromatic N) is 3. The zero-order valence-corrected chi connectivity index (χ0v) is 14.8. The quantitative estimate of drug-likeness (QED) is 0.827. The van der Waals surface area contributed by atoms with E-state index in [0.29, 0.717) is 18.6 Å². The van der Waals surface area contributed by atoms with Crippen molar-refractivity contribution in [2.24, 2.45) is 11.8 Å². The average Bonchev–Trinajstić information content (AvgIpc) is 2.98. The normalized spacial score (nSPS) is 21.9. The minimum absolute atomic E-state index is 0.0876. The van der Waals surface area contributed by atoms with Crippen LogP contribution in [0.3, 0.4) is 0 Å². The van der Waals surface area contributed by atoms with E-state index in [4.69, 9.17) is 4.74 Å². The van der Waals surface area contributed by atoms with Crippen molar-refractivity contribution in [1.82, 2.24) is 20.0 Å². The number of ether oxygens (including phenoxy) is 1. The zero-order chi connectivity index (χ0) is 16.8. The minimum atomic E-state index is 0.0876. The van der Waals surface area contributed by atoms with Gasteiger partial charge in [-0.1, -0.05) is 20.8 Å². The van der Waals surface area contributed by atoms with Crippen molar-refractivity contribution in [2.45, 2.75) is 46.3 Å². The van der Waals surface area contributed by atoms with Crippen LogP contribution in [0.5, 0.6) is 0 Å². The Kier molecular flexibility index (Phi) is 6.59. The van der Waals surface area contributed by atoms with Crippen molar-refractivity contribution < 1.29 is 9.53 Å². The fourth-order valence-electron chi connectivity index (χ4n) is 3.07. The van der Waals surface area contributed by atoms with E-state index in [1.807, 2.05) is 29.6 Å². The van der Waals surface area contributed by atoms with Gasteiger partial charge in [0.1, 0.15) is 0 Å². The van der Waals surface area contributed by atoms with E-state index in [1.54, 1.807) is 7.11 Å². The van der Waals surface area contributed by atoms with E-state index in [9.17, 15) is 4.79 Å². The van der Waals surface area contributed by atoms with E-state index in [2.05, 4.69) is 23.5 Å². The fourth-order valence-corrected chi connectivity index (χ4v) is 3.07. The predicted molar refractivity (Wildman–Crippen MR) is 89.9 cm³/mol. The summed E-state index contributed by atoms with van der Waals surface area (Å²) < 4.78 is 6.97. The number of likely N-dealkylation sites (tertiary alicyclic amines) is 1. The topological polar surface area (TPSA) is 59.4 Å². The molecular weight excluding hydrogens is 292 g/mol. The molecule has 0 aliphatic carbocycles. The maximum absolute atomic E-state index is 12.1. The van der Waals surface area contributed by atoms with Crippen molar-refractivity contribution in [3.8, 4) is 0 Å². The second-order valence-electron chi connectivity index (χ2n) is 6.80. The Hall–Kier alpha value is -1.40. The molecule has 2 rings (SSSR count). The summed E-state index contributed by atoms with van der Waals surface area (Å²) in [5.74, 6) is 0.828. The highest BCUT2D eigenvalue weighted by Gasteiger charge is 2.29. The van der Waals surface area contributed by atoms with Crippen molar-refractivity contribution in [3.05, 3.63) is 18.0 Å². The number of aromatic nitrogens is 2. The van der Waals surface area contributed by atoms with Crippen LogP contribution >= 0.6 is 0 Å². The van der Waals surface area contributed by atoms with Crippen LogP contribution in [0.25, 0.3) is 0 Å². The van der Waals surface area contributed by atoms with Crippen LogP contribution in [-0.4, -0.2) is 53.4 Å². The van der Waals surface area contributed by atoms with E-state index in [1.165, 1.54) is 5.56 Å². The second-order valence-corrected chi connectivity index (χ2v) is 6.80. The van der Waals surface area contributed by atoms with E-state index >= 15 is 0 Å². The molecule has 1 N–H and O–H groups in total. The summed E-state index contributed by atoms with van der Waals surface area (Å²) in [5.41, 5.74) is 1.19. The molecule has 1 fully saturated rings. The number of nitrogens with one attached hydrogen (secondary N) is 1. The Labute approximate surface area is 139 Å². The van der Waals surface area contributed by atoms with Gasteiger partial charge in [-0.2, -0.15) is 5.10 Å². The Morgan fingerprint density at radius 3 is 2.96 bits per heavy atom. The first-order valence-corrected chi connectivity index (χ1v) is 8.53. The van der Waals surface area contributed by atoms with Crippen LogP contribution in [0.1, 0.15) is 32.8 Å². The summed E-state index contributed by atoms with van der Waals surface area (Å²) in [6, 6.07) is 0.452. The van der Waals surface area contributed by atoms with Gasteiger partial charge in [-0.15, -0.1) is 0 Å². The third-order valence-electron chi connectivity index (χ3n) is 4.49. The van der Waals surface area contributed by atoms with Gasteiger partial charge >= 0.3 is 0 Å². The fraction of sp³-hybridized carbons (Fsp3) is 0.765. The lowest BCUT2D eigenvalue weighted by atomic mass is 9.93. The summed E-state index contributed by atoms with van der Waals surface area (Å²) in [5, 5.41) is 7.96. The summed E-state index contributed by atoms with van der Waals surface area (Å²) in [6.45, 7) is 10.1. The number of methoxy groups -OCH3 is 1. The number of carbonyl (C=O) groups excluding carboxylic acids is 1. The summed E-state index contributed by atoms with van der Waals surface area (Å²) in [6.07, 6.45) is 4.98. The smallest absolute Gasteiger partial charge is 0.225 e. The molecule has 1 saturated heterocycles. The summed E-state index contributed by atoms with van der Waals surface area (Å²) >= 11 is 0. The second kappa shape index (κ2) is 8.45. The van der Waals surface area contributed by atoms with Crippen molar-refractivity contribution in [2.75, 3.05) is 26.8 Å². The summed E-state index contributed by atoms with van der Waals surface area (Å²) in [7, 11) is 1.70. The number of carbonyl (C=O) groups is 1. The lowest BCUT2D eigenvalue weighted by Crippen LogP contribution is -2.50. The molecule has 1 aromatic rings. The molecule has 130 valence electrons. The third-order valence-corrected chi connectivity index (χ3v) is 4.49. The van der Waals surface area contributed by atoms with E-state index in [0.717, 1.165) is 32.6 Å². The largest absolute Gasteiger partial charge is 0.383 e. The molecule has 6 nitrogen and oxygen atoms in total. The SMILES string of the molecule is COCCn1cc(CN[C@H]2CCN(C(=O)C(C)C)C[C@H]2C)cn1. The molecule has 2 heterocycles. The lowest BCUT2D eigenvalue weighted by Gasteiger charge is -2.38. The van der Waals surface area contributed by atoms with Crippen molar-refractivity contribution >= 4 is 5.91 Å². The van der Waals surface area contributed by atoms with Gasteiger partial charge in [-0.05, 0) is 12.3 Å². The van der Waals surface area contributed by atoms with E-state index in [-0.39, 0.29) is 11.8 Å². The maximum atomic E-state index is 12.1. The van der Waals surface area contributed by atoms with Crippen LogP contribution in [0.15, 0.2) is 12.4 Å². The highest BCUT2D eigenvalue weighted by molar-refractivity contribution is 5.78. The Morgan fingerprint density at radius 1 is 1.52 bits per heavy atom. The van der Waals surface area contributed by atoms with Gasteiger partial charge in [0.05, 0.1) is 19.3 Å². The third kappa shape index (κ3) is 5.04. The average molecular weight is 322 g/mol. The number of rotatable bonds is 7.